The SMILES string of the molecule is C[C@H]1CN(Cc2cccc(CNc3ncccc3C#N)c2)CCO1. The lowest BCUT2D eigenvalue weighted by molar-refractivity contribution is -0.0212. The molecule has 1 N–H and O–H groups in total. The molecule has 1 aromatic carbocycles. The van der Waals surface area contributed by atoms with E-state index in [9.17, 15) is 0 Å². The minimum Gasteiger partial charge on any atom is -0.376 e. The van der Waals surface area contributed by atoms with E-state index in [4.69, 9.17) is 10.00 Å². The molecular formula is C19H22N4O. The van der Waals surface area contributed by atoms with Crippen LogP contribution in [-0.2, 0) is 17.8 Å². The van der Waals surface area contributed by atoms with Gasteiger partial charge in [-0.1, -0.05) is 24.3 Å². The van der Waals surface area contributed by atoms with Crippen molar-refractivity contribution in [2.45, 2.75) is 26.1 Å². The van der Waals surface area contributed by atoms with Gasteiger partial charge in [0.15, 0.2) is 0 Å². The first kappa shape index (κ1) is 16.4. The van der Waals surface area contributed by atoms with Crippen LogP contribution < -0.4 is 5.32 Å². The number of benzene rings is 1. The number of rotatable bonds is 5. The molecular weight excluding hydrogens is 300 g/mol. The van der Waals surface area contributed by atoms with E-state index in [1.54, 1.807) is 18.3 Å². The lowest BCUT2D eigenvalue weighted by atomic mass is 10.1. The van der Waals surface area contributed by atoms with Crippen molar-refractivity contribution in [3.63, 3.8) is 0 Å². The van der Waals surface area contributed by atoms with E-state index in [-0.39, 0.29) is 0 Å². The highest BCUT2D eigenvalue weighted by Gasteiger charge is 2.16. The third-order valence-corrected chi connectivity index (χ3v) is 4.11. The largest absolute Gasteiger partial charge is 0.376 e. The van der Waals surface area contributed by atoms with Crippen molar-refractivity contribution in [3.8, 4) is 6.07 Å². The van der Waals surface area contributed by atoms with Gasteiger partial charge in [0.1, 0.15) is 11.9 Å². The maximum absolute atomic E-state index is 9.12. The van der Waals surface area contributed by atoms with Crippen molar-refractivity contribution < 1.29 is 4.74 Å². The van der Waals surface area contributed by atoms with Crippen molar-refractivity contribution in [1.29, 1.82) is 5.26 Å². The molecule has 1 atom stereocenters. The minimum atomic E-state index is 0.303. The third kappa shape index (κ3) is 4.31. The standard InChI is InChI=1S/C19H22N4O/c1-15-13-23(8-9-24-15)14-17-5-2-4-16(10-17)12-22-19-18(11-20)6-3-7-21-19/h2-7,10,15H,8-9,12-14H2,1H3,(H,21,22)/t15-/m0/s1. The van der Waals surface area contributed by atoms with Gasteiger partial charge < -0.3 is 10.1 Å². The van der Waals surface area contributed by atoms with Gasteiger partial charge in [0.2, 0.25) is 0 Å². The molecule has 0 spiro atoms. The smallest absolute Gasteiger partial charge is 0.144 e. The highest BCUT2D eigenvalue weighted by molar-refractivity contribution is 5.51. The zero-order valence-corrected chi connectivity index (χ0v) is 13.9. The van der Waals surface area contributed by atoms with Gasteiger partial charge >= 0.3 is 0 Å². The number of hydrogen-bond acceptors (Lipinski definition) is 5. The van der Waals surface area contributed by atoms with E-state index >= 15 is 0 Å². The summed E-state index contributed by atoms with van der Waals surface area (Å²) in [6, 6.07) is 14.2. The number of nitrogens with zero attached hydrogens (tertiary/aromatic N) is 3. The first-order valence-electron chi connectivity index (χ1n) is 8.25. The van der Waals surface area contributed by atoms with Gasteiger partial charge in [0.25, 0.3) is 0 Å². The molecule has 3 rings (SSSR count). The summed E-state index contributed by atoms with van der Waals surface area (Å²) in [6.45, 7) is 6.47. The third-order valence-electron chi connectivity index (χ3n) is 4.11. The van der Waals surface area contributed by atoms with Gasteiger partial charge in [0, 0.05) is 32.4 Å². The summed E-state index contributed by atoms with van der Waals surface area (Å²) in [5, 5.41) is 12.4. The number of hydrogen-bond donors (Lipinski definition) is 1. The molecule has 2 aromatic rings. The fraction of sp³-hybridized carbons (Fsp3) is 0.368. The van der Waals surface area contributed by atoms with Gasteiger partial charge in [-0.3, -0.25) is 4.90 Å². The maximum Gasteiger partial charge on any atom is 0.144 e. The molecule has 1 aliphatic rings. The van der Waals surface area contributed by atoms with Crippen molar-refractivity contribution in [2.75, 3.05) is 25.0 Å². The number of ether oxygens (including phenoxy) is 1. The molecule has 5 nitrogen and oxygen atoms in total. The summed E-state index contributed by atoms with van der Waals surface area (Å²) in [5.74, 6) is 0.632. The van der Waals surface area contributed by atoms with Gasteiger partial charge in [-0.25, -0.2) is 4.98 Å². The summed E-state index contributed by atoms with van der Waals surface area (Å²) in [6.07, 6.45) is 2.00. The van der Waals surface area contributed by atoms with Crippen LogP contribution in [0, 0.1) is 11.3 Å². The second kappa shape index (κ2) is 7.91. The summed E-state index contributed by atoms with van der Waals surface area (Å²) < 4.78 is 5.59. The second-order valence-electron chi connectivity index (χ2n) is 6.10. The predicted molar refractivity (Wildman–Crippen MR) is 93.4 cm³/mol. The van der Waals surface area contributed by atoms with Crippen LogP contribution in [0.4, 0.5) is 5.82 Å². The Kier molecular flexibility index (Phi) is 5.42. The molecule has 1 aromatic heterocycles. The quantitative estimate of drug-likeness (QED) is 0.917. The second-order valence-corrected chi connectivity index (χ2v) is 6.10. The molecule has 124 valence electrons. The van der Waals surface area contributed by atoms with Crippen LogP contribution in [0.15, 0.2) is 42.6 Å². The van der Waals surface area contributed by atoms with Crippen LogP contribution in [0.2, 0.25) is 0 Å². The van der Waals surface area contributed by atoms with Gasteiger partial charge in [-0.2, -0.15) is 5.26 Å². The lowest BCUT2D eigenvalue weighted by Crippen LogP contribution is -2.40. The van der Waals surface area contributed by atoms with Crippen LogP contribution in [0.25, 0.3) is 0 Å². The van der Waals surface area contributed by atoms with Crippen molar-refractivity contribution in [1.82, 2.24) is 9.88 Å². The van der Waals surface area contributed by atoms with E-state index in [2.05, 4.69) is 52.5 Å². The first-order valence-corrected chi connectivity index (χ1v) is 8.25. The van der Waals surface area contributed by atoms with Crippen LogP contribution in [0.3, 0.4) is 0 Å². The Morgan fingerprint density at radius 1 is 1.33 bits per heavy atom. The fourth-order valence-corrected chi connectivity index (χ4v) is 2.95. The topological polar surface area (TPSA) is 61.2 Å². The lowest BCUT2D eigenvalue weighted by Gasteiger charge is -2.31. The molecule has 1 aliphatic heterocycles. The van der Waals surface area contributed by atoms with Crippen LogP contribution >= 0.6 is 0 Å². The zero-order valence-electron chi connectivity index (χ0n) is 13.9. The monoisotopic (exact) mass is 322 g/mol. The molecule has 0 saturated carbocycles. The minimum absolute atomic E-state index is 0.303. The summed E-state index contributed by atoms with van der Waals surface area (Å²) in [5.41, 5.74) is 3.05. The van der Waals surface area contributed by atoms with Crippen LogP contribution in [-0.4, -0.2) is 35.7 Å². The average molecular weight is 322 g/mol. The Morgan fingerprint density at radius 3 is 3.04 bits per heavy atom. The Hall–Kier alpha value is -2.42. The zero-order chi connectivity index (χ0) is 16.8. The van der Waals surface area contributed by atoms with Crippen LogP contribution in [0.1, 0.15) is 23.6 Å². The van der Waals surface area contributed by atoms with E-state index in [1.165, 1.54) is 11.1 Å². The van der Waals surface area contributed by atoms with Crippen molar-refractivity contribution >= 4 is 5.82 Å². The van der Waals surface area contributed by atoms with Crippen molar-refractivity contribution in [2.24, 2.45) is 0 Å². The molecule has 0 amide bonds. The first-order chi connectivity index (χ1) is 11.7. The summed E-state index contributed by atoms with van der Waals surface area (Å²) in [4.78, 5) is 6.66. The Balaban J connectivity index is 1.62. The summed E-state index contributed by atoms with van der Waals surface area (Å²) in [7, 11) is 0. The molecule has 1 fully saturated rings. The molecule has 0 bridgehead atoms. The Bertz CT molecular complexity index is 725. The predicted octanol–water partition coefficient (Wildman–Crippen LogP) is 2.79. The highest BCUT2D eigenvalue weighted by Crippen LogP contribution is 2.14. The Morgan fingerprint density at radius 2 is 2.21 bits per heavy atom. The molecule has 1 saturated heterocycles. The van der Waals surface area contributed by atoms with E-state index in [1.807, 2.05) is 0 Å². The normalized spacial score (nSPS) is 18.1. The number of nitrogens with one attached hydrogen (secondary N) is 1. The van der Waals surface area contributed by atoms with E-state index in [0.29, 0.717) is 24.0 Å². The van der Waals surface area contributed by atoms with E-state index < -0.39 is 0 Å². The summed E-state index contributed by atoms with van der Waals surface area (Å²) >= 11 is 0. The van der Waals surface area contributed by atoms with Gasteiger partial charge in [-0.15, -0.1) is 0 Å². The number of nitriles is 1. The van der Waals surface area contributed by atoms with E-state index in [0.717, 1.165) is 26.2 Å². The Labute approximate surface area is 142 Å². The maximum atomic E-state index is 9.12. The fourth-order valence-electron chi connectivity index (χ4n) is 2.95. The molecule has 2 heterocycles. The number of pyridine rings is 1. The van der Waals surface area contributed by atoms with Gasteiger partial charge in [-0.05, 0) is 30.2 Å². The molecule has 0 radical (unpaired) electrons. The highest BCUT2D eigenvalue weighted by atomic mass is 16.5. The number of morpholine rings is 1. The van der Waals surface area contributed by atoms with Crippen LogP contribution in [0.5, 0.6) is 0 Å². The number of anilines is 1. The molecule has 5 heteroatoms. The van der Waals surface area contributed by atoms with Gasteiger partial charge in [0.05, 0.1) is 18.3 Å². The molecule has 24 heavy (non-hydrogen) atoms. The average Bonchev–Trinajstić information content (AvgIpc) is 2.60. The molecule has 0 aliphatic carbocycles. The van der Waals surface area contributed by atoms with Crippen molar-refractivity contribution in [3.05, 3.63) is 59.3 Å². The molecule has 0 unspecified atom stereocenters. The number of aromatic nitrogens is 1.